The Morgan fingerprint density at radius 2 is 1.70 bits per heavy atom. The molecular weight excluding hydrogens is 547 g/mol. The average Bonchev–Trinajstić information content (AvgIpc) is 3.29. The van der Waals surface area contributed by atoms with Crippen LogP contribution in [0.15, 0.2) is 66.9 Å². The van der Waals surface area contributed by atoms with Crippen molar-refractivity contribution in [3.63, 3.8) is 0 Å². The van der Waals surface area contributed by atoms with Crippen molar-refractivity contribution >= 4 is 34.8 Å². The highest BCUT2D eigenvalue weighted by Crippen LogP contribution is 2.48. The second-order valence-electron chi connectivity index (χ2n) is 7.92. The summed E-state index contributed by atoms with van der Waals surface area (Å²) in [5.41, 5.74) is -3.85. The summed E-state index contributed by atoms with van der Waals surface area (Å²) >= 11 is 11.7. The highest BCUT2D eigenvalue weighted by Gasteiger charge is 2.59. The molecule has 0 radical (unpaired) electrons. The van der Waals surface area contributed by atoms with Crippen LogP contribution in [0.2, 0.25) is 10.0 Å². The Labute approximate surface area is 216 Å². The maximum Gasteiger partial charge on any atom is 0.428 e. The standard InChI is InChI=1S/C24H15Cl2F6N3O2/c25-15-8-14(9-16(26)10-15)22(24(30,31)32)11-20(35-37-22)13-4-5-18(19(7-13)23(27,28)29)21(36)34-12-17-3-1-2-6-33-17/h1-11,35H,12H2,(H,34,36). The zero-order chi connectivity index (χ0) is 27.0. The molecule has 0 aliphatic carbocycles. The first-order valence-corrected chi connectivity index (χ1v) is 11.2. The third-order valence-corrected chi connectivity index (χ3v) is 5.86. The lowest BCUT2D eigenvalue weighted by molar-refractivity contribution is -0.269. The van der Waals surface area contributed by atoms with E-state index in [9.17, 15) is 31.1 Å². The van der Waals surface area contributed by atoms with E-state index in [0.717, 1.165) is 24.3 Å². The first-order chi connectivity index (χ1) is 17.3. The fourth-order valence-corrected chi connectivity index (χ4v) is 4.19. The van der Waals surface area contributed by atoms with Gasteiger partial charge in [0.15, 0.2) is 0 Å². The largest absolute Gasteiger partial charge is 0.428 e. The number of amides is 1. The number of carbonyl (C=O) groups is 1. The molecule has 1 amide bonds. The van der Waals surface area contributed by atoms with Crippen molar-refractivity contribution in [1.29, 1.82) is 0 Å². The Hall–Kier alpha value is -3.28. The van der Waals surface area contributed by atoms with E-state index in [1.165, 1.54) is 12.3 Å². The SMILES string of the molecule is O=C(NCc1ccccn1)c1ccc(C2=CC(c3cc(Cl)cc(Cl)c3)(C(F)(F)F)ON2)cc1C(F)(F)F. The summed E-state index contributed by atoms with van der Waals surface area (Å²) in [7, 11) is 0. The van der Waals surface area contributed by atoms with Gasteiger partial charge in [-0.15, -0.1) is 0 Å². The molecule has 1 aliphatic heterocycles. The van der Waals surface area contributed by atoms with Crippen LogP contribution in [0.25, 0.3) is 5.70 Å². The summed E-state index contributed by atoms with van der Waals surface area (Å²) in [5.74, 6) is -1.03. The summed E-state index contributed by atoms with van der Waals surface area (Å²) in [4.78, 5) is 21.4. The van der Waals surface area contributed by atoms with Gasteiger partial charge in [-0.2, -0.15) is 26.3 Å². The molecule has 2 N–H and O–H groups in total. The normalized spacial score (nSPS) is 17.8. The van der Waals surface area contributed by atoms with Gasteiger partial charge in [-0.05, 0) is 48.5 Å². The lowest BCUT2D eigenvalue weighted by atomic mass is 9.91. The number of rotatable bonds is 5. The topological polar surface area (TPSA) is 63.2 Å². The first-order valence-electron chi connectivity index (χ1n) is 10.4. The number of alkyl halides is 6. The van der Waals surface area contributed by atoms with E-state index in [0.29, 0.717) is 17.8 Å². The Morgan fingerprint density at radius 3 is 2.30 bits per heavy atom. The Kier molecular flexibility index (Phi) is 7.15. The molecule has 0 bridgehead atoms. The summed E-state index contributed by atoms with van der Waals surface area (Å²) < 4.78 is 84.1. The number of hydrogen-bond acceptors (Lipinski definition) is 4. The minimum atomic E-state index is -5.05. The van der Waals surface area contributed by atoms with Crippen LogP contribution in [-0.2, 0) is 23.2 Å². The molecule has 0 fully saturated rings. The summed E-state index contributed by atoms with van der Waals surface area (Å²) in [5, 5.41) is 2.15. The molecule has 0 saturated heterocycles. The van der Waals surface area contributed by atoms with Gasteiger partial charge in [0.2, 0.25) is 5.60 Å². The molecule has 194 valence electrons. The second-order valence-corrected chi connectivity index (χ2v) is 8.79. The van der Waals surface area contributed by atoms with Crippen molar-refractivity contribution < 1.29 is 36.0 Å². The fraction of sp³-hybridized carbons (Fsp3) is 0.167. The van der Waals surface area contributed by atoms with Crippen molar-refractivity contribution in [1.82, 2.24) is 15.8 Å². The van der Waals surface area contributed by atoms with E-state index in [-0.39, 0.29) is 22.2 Å². The molecule has 0 saturated carbocycles. The quantitative estimate of drug-likeness (QED) is 0.341. The Bertz CT molecular complexity index is 1340. The lowest BCUT2D eigenvalue weighted by Crippen LogP contribution is -2.42. The van der Waals surface area contributed by atoms with E-state index in [2.05, 4.69) is 15.8 Å². The minimum Gasteiger partial charge on any atom is -0.346 e. The molecule has 13 heteroatoms. The molecule has 4 rings (SSSR count). The van der Waals surface area contributed by atoms with E-state index >= 15 is 0 Å². The van der Waals surface area contributed by atoms with Crippen LogP contribution in [0.3, 0.4) is 0 Å². The minimum absolute atomic E-state index is 0.1000. The molecule has 0 spiro atoms. The molecule has 1 atom stereocenters. The maximum atomic E-state index is 14.2. The number of aromatic nitrogens is 1. The van der Waals surface area contributed by atoms with E-state index in [4.69, 9.17) is 28.0 Å². The number of pyridine rings is 1. The molecule has 3 aromatic rings. The molecule has 37 heavy (non-hydrogen) atoms. The van der Waals surface area contributed by atoms with Crippen molar-refractivity contribution in [2.24, 2.45) is 0 Å². The molecular formula is C24H15Cl2F6N3O2. The average molecular weight is 562 g/mol. The summed E-state index contributed by atoms with van der Waals surface area (Å²) in [6.07, 6.45) is -7.99. The summed E-state index contributed by atoms with van der Waals surface area (Å²) in [6.45, 7) is -0.129. The van der Waals surface area contributed by atoms with Crippen LogP contribution in [0, 0.1) is 0 Å². The number of nitrogens with one attached hydrogen (secondary N) is 2. The monoisotopic (exact) mass is 561 g/mol. The Morgan fingerprint density at radius 1 is 1.00 bits per heavy atom. The van der Waals surface area contributed by atoms with Gasteiger partial charge in [-0.25, -0.2) is 0 Å². The third-order valence-electron chi connectivity index (χ3n) is 5.42. The van der Waals surface area contributed by atoms with Crippen LogP contribution in [-0.4, -0.2) is 17.1 Å². The second kappa shape index (κ2) is 9.88. The van der Waals surface area contributed by atoms with Gasteiger partial charge in [0, 0.05) is 27.4 Å². The molecule has 1 aliphatic rings. The van der Waals surface area contributed by atoms with Gasteiger partial charge >= 0.3 is 12.4 Å². The molecule has 5 nitrogen and oxygen atoms in total. The van der Waals surface area contributed by atoms with Crippen LogP contribution >= 0.6 is 23.2 Å². The van der Waals surface area contributed by atoms with Crippen LogP contribution in [0.5, 0.6) is 0 Å². The van der Waals surface area contributed by atoms with Crippen LogP contribution < -0.4 is 10.8 Å². The van der Waals surface area contributed by atoms with Crippen LogP contribution in [0.4, 0.5) is 26.3 Å². The number of carbonyl (C=O) groups excluding carboxylic acids is 1. The zero-order valence-corrected chi connectivity index (χ0v) is 19.9. The predicted molar refractivity (Wildman–Crippen MR) is 123 cm³/mol. The molecule has 1 aromatic heterocycles. The number of hydroxylamine groups is 1. The van der Waals surface area contributed by atoms with Gasteiger partial charge in [0.25, 0.3) is 5.91 Å². The number of nitrogens with zero attached hydrogens (tertiary/aromatic N) is 1. The highest BCUT2D eigenvalue weighted by atomic mass is 35.5. The van der Waals surface area contributed by atoms with E-state index in [1.807, 2.05) is 0 Å². The van der Waals surface area contributed by atoms with Crippen LogP contribution in [0.1, 0.15) is 32.7 Å². The number of halogens is 8. The van der Waals surface area contributed by atoms with Crippen molar-refractivity contribution in [2.45, 2.75) is 24.5 Å². The zero-order valence-electron chi connectivity index (χ0n) is 18.3. The fourth-order valence-electron chi connectivity index (χ4n) is 3.67. The maximum absolute atomic E-state index is 14.2. The van der Waals surface area contributed by atoms with Crippen molar-refractivity contribution in [3.05, 3.63) is 105 Å². The molecule has 2 heterocycles. The van der Waals surface area contributed by atoms with Gasteiger partial charge in [0.1, 0.15) is 0 Å². The van der Waals surface area contributed by atoms with Crippen molar-refractivity contribution in [2.75, 3.05) is 0 Å². The Balaban J connectivity index is 1.72. The number of benzene rings is 2. The van der Waals surface area contributed by atoms with E-state index in [1.54, 1.807) is 18.2 Å². The van der Waals surface area contributed by atoms with Gasteiger partial charge in [-0.3, -0.25) is 20.1 Å². The van der Waals surface area contributed by atoms with Crippen molar-refractivity contribution in [3.8, 4) is 0 Å². The number of hydrogen-bond donors (Lipinski definition) is 2. The lowest BCUT2D eigenvalue weighted by Gasteiger charge is -2.28. The van der Waals surface area contributed by atoms with Gasteiger partial charge < -0.3 is 5.32 Å². The van der Waals surface area contributed by atoms with E-state index < -0.39 is 46.2 Å². The summed E-state index contributed by atoms with van der Waals surface area (Å²) in [6, 6.07) is 10.6. The van der Waals surface area contributed by atoms with Gasteiger partial charge in [-0.1, -0.05) is 35.3 Å². The molecule has 2 aromatic carbocycles. The molecule has 1 unspecified atom stereocenters. The third kappa shape index (κ3) is 5.53. The predicted octanol–water partition coefficient (Wildman–Crippen LogP) is 6.67. The highest BCUT2D eigenvalue weighted by molar-refractivity contribution is 6.34. The van der Waals surface area contributed by atoms with Gasteiger partial charge in [0.05, 0.1) is 29.1 Å². The first kappa shape index (κ1) is 26.8. The smallest absolute Gasteiger partial charge is 0.346 e.